The summed E-state index contributed by atoms with van der Waals surface area (Å²) in [4.78, 5) is 0. The molecule has 1 aliphatic carbocycles. The van der Waals surface area contributed by atoms with E-state index < -0.39 is 0 Å². The Morgan fingerprint density at radius 3 is 3.09 bits per heavy atom. The van der Waals surface area contributed by atoms with Crippen LogP contribution < -0.4 is 5.73 Å². The first-order chi connectivity index (χ1) is 5.18. The van der Waals surface area contributed by atoms with Gasteiger partial charge in [0.15, 0.2) is 5.22 Å². The van der Waals surface area contributed by atoms with Crippen LogP contribution in [0.25, 0.3) is 0 Å². The van der Waals surface area contributed by atoms with Crippen molar-refractivity contribution in [1.82, 2.24) is 0 Å². The van der Waals surface area contributed by atoms with Crippen molar-refractivity contribution >= 4 is 11.6 Å². The first kappa shape index (κ1) is 7.19. The van der Waals surface area contributed by atoms with Crippen molar-refractivity contribution in [3.05, 3.63) is 22.6 Å². The summed E-state index contributed by atoms with van der Waals surface area (Å²) in [6, 6.07) is 1.90. The van der Waals surface area contributed by atoms with Crippen LogP contribution in [0.4, 0.5) is 0 Å². The van der Waals surface area contributed by atoms with Crippen LogP contribution in [0.2, 0.25) is 5.22 Å². The standard InChI is InChI=1S/C8H10ClNO/c1-4-2-5-3-6(9)11-8(5)7(4)10/h3-4,7H,2,10H2,1H3. The van der Waals surface area contributed by atoms with Gasteiger partial charge in [-0.3, -0.25) is 0 Å². The summed E-state index contributed by atoms with van der Waals surface area (Å²) in [5, 5.41) is 0.456. The fourth-order valence-corrected chi connectivity index (χ4v) is 1.80. The molecule has 2 atom stereocenters. The van der Waals surface area contributed by atoms with Gasteiger partial charge in [-0.2, -0.15) is 0 Å². The first-order valence-electron chi connectivity index (χ1n) is 3.72. The van der Waals surface area contributed by atoms with Crippen molar-refractivity contribution in [2.24, 2.45) is 11.7 Å². The van der Waals surface area contributed by atoms with Crippen LogP contribution in [0.15, 0.2) is 10.5 Å². The van der Waals surface area contributed by atoms with Crippen molar-refractivity contribution in [3.8, 4) is 0 Å². The summed E-state index contributed by atoms with van der Waals surface area (Å²) in [5.41, 5.74) is 7.03. The van der Waals surface area contributed by atoms with E-state index in [0.717, 1.165) is 12.2 Å². The summed E-state index contributed by atoms with van der Waals surface area (Å²) >= 11 is 5.67. The highest BCUT2D eigenvalue weighted by Gasteiger charge is 2.30. The summed E-state index contributed by atoms with van der Waals surface area (Å²) in [7, 11) is 0. The lowest BCUT2D eigenvalue weighted by Gasteiger charge is -2.07. The van der Waals surface area contributed by atoms with E-state index >= 15 is 0 Å². The molecule has 0 spiro atoms. The minimum absolute atomic E-state index is 0.0394. The zero-order valence-electron chi connectivity index (χ0n) is 6.30. The number of nitrogens with two attached hydrogens (primary N) is 1. The molecule has 1 aromatic rings. The maximum atomic E-state index is 5.85. The van der Waals surface area contributed by atoms with Gasteiger partial charge in [0.25, 0.3) is 0 Å². The number of hydrogen-bond donors (Lipinski definition) is 1. The summed E-state index contributed by atoms with van der Waals surface area (Å²) in [6.45, 7) is 2.12. The van der Waals surface area contributed by atoms with Crippen LogP contribution in [0.5, 0.6) is 0 Å². The Bertz CT molecular complexity index is 282. The third-order valence-electron chi connectivity index (χ3n) is 2.27. The molecule has 0 saturated heterocycles. The van der Waals surface area contributed by atoms with Gasteiger partial charge in [0.1, 0.15) is 5.76 Å². The zero-order valence-corrected chi connectivity index (χ0v) is 7.06. The smallest absolute Gasteiger partial charge is 0.193 e. The number of halogens is 1. The molecule has 0 amide bonds. The maximum absolute atomic E-state index is 5.85. The molecule has 60 valence electrons. The van der Waals surface area contributed by atoms with E-state index in [9.17, 15) is 0 Å². The Hall–Kier alpha value is -0.470. The van der Waals surface area contributed by atoms with Crippen LogP contribution in [-0.2, 0) is 6.42 Å². The fraction of sp³-hybridized carbons (Fsp3) is 0.500. The predicted molar refractivity (Wildman–Crippen MR) is 43.5 cm³/mol. The van der Waals surface area contributed by atoms with Gasteiger partial charge in [-0.05, 0) is 35.6 Å². The topological polar surface area (TPSA) is 39.2 Å². The monoisotopic (exact) mass is 171 g/mol. The normalized spacial score (nSPS) is 29.0. The second-order valence-electron chi connectivity index (χ2n) is 3.15. The molecule has 2 N–H and O–H groups in total. The van der Waals surface area contributed by atoms with Crippen molar-refractivity contribution in [2.75, 3.05) is 0 Å². The molecule has 0 radical (unpaired) electrons. The summed E-state index contributed by atoms with van der Waals surface area (Å²) < 4.78 is 5.25. The lowest BCUT2D eigenvalue weighted by Crippen LogP contribution is -2.13. The van der Waals surface area contributed by atoms with Crippen LogP contribution >= 0.6 is 11.6 Å². The summed E-state index contributed by atoms with van der Waals surface area (Å²) in [5.74, 6) is 1.36. The molecule has 2 unspecified atom stereocenters. The average molecular weight is 172 g/mol. The molecule has 2 rings (SSSR count). The van der Waals surface area contributed by atoms with E-state index in [4.69, 9.17) is 21.8 Å². The summed E-state index contributed by atoms with van der Waals surface area (Å²) in [6.07, 6.45) is 0.993. The Kier molecular flexibility index (Phi) is 1.48. The van der Waals surface area contributed by atoms with Crippen molar-refractivity contribution < 1.29 is 4.42 Å². The molecular formula is C8H10ClNO. The van der Waals surface area contributed by atoms with Crippen molar-refractivity contribution in [1.29, 1.82) is 0 Å². The van der Waals surface area contributed by atoms with E-state index in [0.29, 0.717) is 11.1 Å². The second kappa shape index (κ2) is 2.26. The Morgan fingerprint density at radius 2 is 2.45 bits per heavy atom. The molecule has 1 aliphatic rings. The van der Waals surface area contributed by atoms with Gasteiger partial charge in [-0.15, -0.1) is 0 Å². The van der Waals surface area contributed by atoms with Crippen LogP contribution in [-0.4, -0.2) is 0 Å². The predicted octanol–water partition coefficient (Wildman–Crippen LogP) is 2.12. The molecule has 3 heteroatoms. The first-order valence-corrected chi connectivity index (χ1v) is 4.10. The van der Waals surface area contributed by atoms with E-state index in [1.54, 1.807) is 0 Å². The highest BCUT2D eigenvalue weighted by atomic mass is 35.5. The van der Waals surface area contributed by atoms with Gasteiger partial charge >= 0.3 is 0 Å². The van der Waals surface area contributed by atoms with E-state index in [2.05, 4.69) is 6.92 Å². The van der Waals surface area contributed by atoms with Crippen molar-refractivity contribution in [3.63, 3.8) is 0 Å². The number of rotatable bonds is 0. The van der Waals surface area contributed by atoms with E-state index in [1.165, 1.54) is 5.56 Å². The lowest BCUT2D eigenvalue weighted by molar-refractivity contribution is 0.420. The molecule has 0 bridgehead atoms. The van der Waals surface area contributed by atoms with E-state index in [-0.39, 0.29) is 6.04 Å². The van der Waals surface area contributed by atoms with Gasteiger partial charge < -0.3 is 10.2 Å². The largest absolute Gasteiger partial charge is 0.448 e. The SMILES string of the molecule is CC1Cc2cc(Cl)oc2C1N. The minimum Gasteiger partial charge on any atom is -0.448 e. The number of hydrogen-bond acceptors (Lipinski definition) is 2. The van der Waals surface area contributed by atoms with Gasteiger partial charge in [-0.1, -0.05) is 6.92 Å². The Labute approximate surface area is 70.3 Å². The third-order valence-corrected chi connectivity index (χ3v) is 2.46. The Balaban J connectivity index is 2.44. The molecule has 0 aromatic carbocycles. The van der Waals surface area contributed by atoms with Gasteiger partial charge in [0, 0.05) is 0 Å². The van der Waals surface area contributed by atoms with Gasteiger partial charge in [-0.25, -0.2) is 0 Å². The molecular weight excluding hydrogens is 162 g/mol. The highest BCUT2D eigenvalue weighted by Crippen LogP contribution is 2.37. The quantitative estimate of drug-likeness (QED) is 0.650. The van der Waals surface area contributed by atoms with Crippen LogP contribution in [0.3, 0.4) is 0 Å². The fourth-order valence-electron chi connectivity index (χ4n) is 1.58. The highest BCUT2D eigenvalue weighted by molar-refractivity contribution is 6.28. The molecule has 0 saturated carbocycles. The van der Waals surface area contributed by atoms with Crippen LogP contribution in [0.1, 0.15) is 24.3 Å². The lowest BCUT2D eigenvalue weighted by atomic mass is 10.1. The number of furan rings is 1. The van der Waals surface area contributed by atoms with Gasteiger partial charge in [0.2, 0.25) is 0 Å². The minimum atomic E-state index is 0.0394. The average Bonchev–Trinajstić information content (AvgIpc) is 2.37. The molecule has 0 aliphatic heterocycles. The molecule has 2 nitrogen and oxygen atoms in total. The Morgan fingerprint density at radius 1 is 1.73 bits per heavy atom. The van der Waals surface area contributed by atoms with Gasteiger partial charge in [0.05, 0.1) is 6.04 Å². The zero-order chi connectivity index (χ0) is 8.01. The second-order valence-corrected chi connectivity index (χ2v) is 3.52. The molecule has 0 fully saturated rings. The maximum Gasteiger partial charge on any atom is 0.193 e. The molecule has 11 heavy (non-hydrogen) atoms. The number of fused-ring (bicyclic) bond motifs is 1. The van der Waals surface area contributed by atoms with Crippen LogP contribution in [0, 0.1) is 5.92 Å². The third kappa shape index (κ3) is 0.976. The van der Waals surface area contributed by atoms with E-state index in [1.807, 2.05) is 6.07 Å². The van der Waals surface area contributed by atoms with Crippen molar-refractivity contribution in [2.45, 2.75) is 19.4 Å². The molecule has 1 aromatic heterocycles. The molecule has 1 heterocycles.